The Balaban J connectivity index is 1.51. The molecule has 2 aromatic carbocycles. The van der Waals surface area contributed by atoms with Crippen LogP contribution in [0.2, 0.25) is 0 Å². The van der Waals surface area contributed by atoms with Crippen LogP contribution in [-0.2, 0) is 6.61 Å². The smallest absolute Gasteiger partial charge is 0.131 e. The van der Waals surface area contributed by atoms with Crippen LogP contribution in [0.3, 0.4) is 0 Å². The minimum atomic E-state index is -0.344. The first-order valence-corrected chi connectivity index (χ1v) is 11.1. The minimum absolute atomic E-state index is 0.344. The summed E-state index contributed by atoms with van der Waals surface area (Å²) in [4.78, 5) is 0.758. The van der Waals surface area contributed by atoms with Gasteiger partial charge >= 0.3 is 0 Å². The molecule has 0 N–H and O–H groups in total. The molecule has 1 saturated carbocycles. The standard InChI is InChI=1S/C24H19BrFNOS/c1-2-20(16-7-8-16)17-4-3-5-19(11-17)28-13-18-14-29-24(23(18)25)21-10-15(12-27)6-9-22(21)26/h3-6,9-11,14,16H,1-2,7-8,13H2. The molecule has 1 aliphatic rings. The van der Waals surface area contributed by atoms with Crippen LogP contribution in [0.4, 0.5) is 4.39 Å². The first-order valence-electron chi connectivity index (χ1n) is 9.44. The molecule has 0 amide bonds. The molecule has 0 aliphatic heterocycles. The highest BCUT2D eigenvalue weighted by Gasteiger charge is 2.31. The third-order valence-electron chi connectivity index (χ3n) is 5.08. The van der Waals surface area contributed by atoms with Gasteiger partial charge in [0.05, 0.1) is 16.5 Å². The van der Waals surface area contributed by atoms with Gasteiger partial charge in [-0.15, -0.1) is 11.3 Å². The van der Waals surface area contributed by atoms with E-state index in [-0.39, 0.29) is 5.82 Å². The van der Waals surface area contributed by atoms with E-state index in [1.807, 2.05) is 17.5 Å². The van der Waals surface area contributed by atoms with Crippen molar-refractivity contribution in [2.45, 2.75) is 25.9 Å². The number of hydrogen-bond acceptors (Lipinski definition) is 3. The number of hydrogen-bond donors (Lipinski definition) is 0. The van der Waals surface area contributed by atoms with Gasteiger partial charge in [-0.1, -0.05) is 19.1 Å². The fraction of sp³-hybridized carbons (Fsp3) is 0.208. The average molecular weight is 468 g/mol. The van der Waals surface area contributed by atoms with E-state index in [1.165, 1.54) is 47.8 Å². The second-order valence-electron chi connectivity index (χ2n) is 7.08. The summed E-state index contributed by atoms with van der Waals surface area (Å²) < 4.78 is 21.1. The zero-order chi connectivity index (χ0) is 20.4. The fourth-order valence-electron chi connectivity index (χ4n) is 3.39. The molecular formula is C24H19BrFNOS. The van der Waals surface area contributed by atoms with Crippen molar-refractivity contribution in [3.63, 3.8) is 0 Å². The van der Waals surface area contributed by atoms with E-state index in [0.717, 1.165) is 27.1 Å². The molecule has 2 radical (unpaired) electrons. The van der Waals surface area contributed by atoms with E-state index in [0.29, 0.717) is 23.7 Å². The van der Waals surface area contributed by atoms with E-state index in [1.54, 1.807) is 6.07 Å². The number of rotatable bonds is 7. The summed E-state index contributed by atoms with van der Waals surface area (Å²) in [7, 11) is 0. The summed E-state index contributed by atoms with van der Waals surface area (Å²) in [6, 6.07) is 14.6. The molecule has 0 atom stereocenters. The van der Waals surface area contributed by atoms with E-state index < -0.39 is 0 Å². The Kier molecular flexibility index (Phi) is 6.03. The Morgan fingerprint density at radius 1 is 1.28 bits per heavy atom. The molecule has 3 aromatic rings. The van der Waals surface area contributed by atoms with Gasteiger partial charge in [-0.25, -0.2) is 4.39 Å². The zero-order valence-electron chi connectivity index (χ0n) is 15.8. The summed E-state index contributed by atoms with van der Waals surface area (Å²) in [5.74, 6) is 2.55. The number of thiophene rings is 1. The quantitative estimate of drug-likeness (QED) is 0.364. The summed E-state index contributed by atoms with van der Waals surface area (Å²) in [6.45, 7) is 4.45. The average Bonchev–Trinajstić information content (AvgIpc) is 3.51. The monoisotopic (exact) mass is 467 g/mol. The van der Waals surface area contributed by atoms with E-state index in [2.05, 4.69) is 41.1 Å². The van der Waals surface area contributed by atoms with Gasteiger partial charge in [-0.3, -0.25) is 0 Å². The van der Waals surface area contributed by atoms with Crippen molar-refractivity contribution in [1.29, 1.82) is 5.26 Å². The Bertz CT molecular complexity index is 1070. The van der Waals surface area contributed by atoms with Crippen LogP contribution in [-0.4, -0.2) is 0 Å². The van der Waals surface area contributed by atoms with Gasteiger partial charge in [0.1, 0.15) is 18.2 Å². The van der Waals surface area contributed by atoms with Crippen molar-refractivity contribution in [2.75, 3.05) is 0 Å². The molecule has 0 spiro atoms. The lowest BCUT2D eigenvalue weighted by Gasteiger charge is -2.15. The molecule has 1 fully saturated rings. The lowest BCUT2D eigenvalue weighted by molar-refractivity contribution is 0.306. The maximum atomic E-state index is 14.3. The number of nitriles is 1. The number of nitrogens with zero attached hydrogens (tertiary/aromatic N) is 1. The normalized spacial score (nSPS) is 13.5. The molecule has 1 aromatic heterocycles. The minimum Gasteiger partial charge on any atom is -0.489 e. The topological polar surface area (TPSA) is 33.0 Å². The van der Waals surface area contributed by atoms with Gasteiger partial charge < -0.3 is 4.74 Å². The first-order chi connectivity index (χ1) is 14.1. The number of benzene rings is 2. The summed E-state index contributed by atoms with van der Waals surface area (Å²) in [5, 5.41) is 11.1. The third-order valence-corrected chi connectivity index (χ3v) is 7.31. The molecule has 1 aliphatic carbocycles. The van der Waals surface area contributed by atoms with Crippen LogP contribution in [0.25, 0.3) is 10.4 Å². The predicted molar refractivity (Wildman–Crippen MR) is 118 cm³/mol. The highest BCUT2D eigenvalue weighted by atomic mass is 79.9. The Morgan fingerprint density at radius 2 is 2.10 bits per heavy atom. The van der Waals surface area contributed by atoms with Crippen LogP contribution < -0.4 is 4.74 Å². The maximum Gasteiger partial charge on any atom is 0.131 e. The van der Waals surface area contributed by atoms with Crippen LogP contribution in [0.15, 0.2) is 52.3 Å². The Hall–Kier alpha value is -2.16. The van der Waals surface area contributed by atoms with Crippen molar-refractivity contribution in [1.82, 2.24) is 0 Å². The lowest BCUT2D eigenvalue weighted by Crippen LogP contribution is -2.02. The van der Waals surface area contributed by atoms with Crippen molar-refractivity contribution in [3.05, 3.63) is 87.7 Å². The largest absolute Gasteiger partial charge is 0.489 e. The van der Waals surface area contributed by atoms with Crippen LogP contribution in [0.1, 0.15) is 36.0 Å². The van der Waals surface area contributed by atoms with Crippen molar-refractivity contribution < 1.29 is 9.13 Å². The second kappa shape index (κ2) is 8.69. The molecule has 0 saturated heterocycles. The molecule has 5 heteroatoms. The van der Waals surface area contributed by atoms with Crippen molar-refractivity contribution in [3.8, 4) is 22.3 Å². The van der Waals surface area contributed by atoms with Gasteiger partial charge in [0, 0.05) is 21.5 Å². The first kappa shape index (κ1) is 20.1. The highest BCUT2D eigenvalue weighted by molar-refractivity contribution is 9.10. The maximum absolute atomic E-state index is 14.3. The van der Waals surface area contributed by atoms with E-state index in [4.69, 9.17) is 10.00 Å². The molecule has 2 nitrogen and oxygen atoms in total. The van der Waals surface area contributed by atoms with Gasteiger partial charge in [-0.05, 0) is 82.4 Å². The van der Waals surface area contributed by atoms with Crippen molar-refractivity contribution >= 4 is 27.3 Å². The summed E-state index contributed by atoms with van der Waals surface area (Å²) in [5.41, 5.74) is 3.01. The molecule has 146 valence electrons. The Morgan fingerprint density at radius 3 is 2.83 bits per heavy atom. The molecule has 4 rings (SSSR count). The van der Waals surface area contributed by atoms with Gasteiger partial charge in [0.15, 0.2) is 0 Å². The zero-order valence-corrected chi connectivity index (χ0v) is 18.2. The molecule has 1 heterocycles. The molecule has 29 heavy (non-hydrogen) atoms. The summed E-state index contributed by atoms with van der Waals surface area (Å²) in [6.07, 6.45) is 3.33. The number of ether oxygens (including phenoxy) is 1. The fourth-order valence-corrected chi connectivity index (χ4v) is 5.23. The number of halogens is 2. The van der Waals surface area contributed by atoms with E-state index >= 15 is 0 Å². The predicted octanol–water partition coefficient (Wildman–Crippen LogP) is 7.32. The van der Waals surface area contributed by atoms with Gasteiger partial charge in [0.25, 0.3) is 0 Å². The van der Waals surface area contributed by atoms with Crippen LogP contribution in [0.5, 0.6) is 5.75 Å². The SMILES string of the molecule is [CH2]C[C](c1cccc(OCc2csc(-c3cc(C#N)ccc3F)c2Br)c1)C1CC1. The van der Waals surface area contributed by atoms with E-state index in [9.17, 15) is 4.39 Å². The van der Waals surface area contributed by atoms with Crippen LogP contribution >= 0.6 is 27.3 Å². The second-order valence-corrected chi connectivity index (χ2v) is 8.75. The molecular weight excluding hydrogens is 449 g/mol. The molecule has 0 bridgehead atoms. The van der Waals surface area contributed by atoms with Gasteiger partial charge in [-0.2, -0.15) is 5.26 Å². The van der Waals surface area contributed by atoms with Crippen LogP contribution in [0, 0.1) is 35.9 Å². The lowest BCUT2D eigenvalue weighted by atomic mass is 9.92. The molecule has 0 unspecified atom stereocenters. The Labute approximate surface area is 183 Å². The highest BCUT2D eigenvalue weighted by Crippen LogP contribution is 2.44. The third kappa shape index (κ3) is 4.39. The van der Waals surface area contributed by atoms with Gasteiger partial charge in [0.2, 0.25) is 0 Å². The summed E-state index contributed by atoms with van der Waals surface area (Å²) >= 11 is 5.02. The van der Waals surface area contributed by atoms with Crippen molar-refractivity contribution in [2.24, 2.45) is 5.92 Å².